The van der Waals surface area contributed by atoms with Gasteiger partial charge in [0.25, 0.3) is 0 Å². The van der Waals surface area contributed by atoms with Crippen LogP contribution in [0.3, 0.4) is 0 Å². The number of aliphatic hydroxyl groups excluding tert-OH is 1. The maximum atomic E-state index is 11.9. The minimum atomic E-state index is 0.0261. The number of aliphatic hydroxyl groups is 1. The average Bonchev–Trinajstić information content (AvgIpc) is 2.48. The Kier molecular flexibility index (Phi) is 8.51. The van der Waals surface area contributed by atoms with E-state index in [0.29, 0.717) is 25.5 Å². The molecule has 0 spiro atoms. The normalized spacial score (nSPS) is 12.0. The summed E-state index contributed by atoms with van der Waals surface area (Å²) in [5, 5.41) is 12.0. The molecule has 1 aromatic rings. The summed E-state index contributed by atoms with van der Waals surface area (Å²) in [5.74, 6) is 1.22. The summed E-state index contributed by atoms with van der Waals surface area (Å²) < 4.78 is 5.37. The molecular formula is C17H27NO3. The average molecular weight is 293 g/mol. The van der Waals surface area contributed by atoms with Gasteiger partial charge in [-0.3, -0.25) is 4.79 Å². The number of carbonyl (C=O) groups excluding carboxylic acids is 1. The van der Waals surface area contributed by atoms with Gasteiger partial charge in [0.05, 0.1) is 13.0 Å². The van der Waals surface area contributed by atoms with Crippen molar-refractivity contribution < 1.29 is 14.6 Å². The molecule has 1 aromatic carbocycles. The zero-order valence-electron chi connectivity index (χ0n) is 13.1. The maximum Gasteiger partial charge on any atom is 0.224 e. The zero-order chi connectivity index (χ0) is 15.5. The van der Waals surface area contributed by atoms with Crippen LogP contribution in [0.4, 0.5) is 0 Å². The van der Waals surface area contributed by atoms with Crippen LogP contribution in [-0.4, -0.2) is 30.8 Å². The SMILES string of the molecule is CCCC(CCO)CNC(=O)Cc1ccc(OCC)cc1. The first-order valence-corrected chi connectivity index (χ1v) is 7.78. The minimum Gasteiger partial charge on any atom is -0.494 e. The van der Waals surface area contributed by atoms with E-state index in [4.69, 9.17) is 9.84 Å². The Labute approximate surface area is 127 Å². The smallest absolute Gasteiger partial charge is 0.224 e. The van der Waals surface area contributed by atoms with Crippen molar-refractivity contribution in [3.05, 3.63) is 29.8 Å². The summed E-state index contributed by atoms with van der Waals surface area (Å²) in [6.07, 6.45) is 3.23. The van der Waals surface area contributed by atoms with Crippen LogP contribution in [-0.2, 0) is 11.2 Å². The van der Waals surface area contributed by atoms with Gasteiger partial charge in [0.1, 0.15) is 5.75 Å². The maximum absolute atomic E-state index is 11.9. The molecule has 118 valence electrons. The van der Waals surface area contributed by atoms with E-state index >= 15 is 0 Å². The lowest BCUT2D eigenvalue weighted by Crippen LogP contribution is -2.30. The molecule has 0 radical (unpaired) electrons. The van der Waals surface area contributed by atoms with Crippen molar-refractivity contribution in [1.82, 2.24) is 5.32 Å². The fourth-order valence-electron chi connectivity index (χ4n) is 2.32. The summed E-state index contributed by atoms with van der Waals surface area (Å²) in [7, 11) is 0. The van der Waals surface area contributed by atoms with Crippen molar-refractivity contribution in [1.29, 1.82) is 0 Å². The lowest BCUT2D eigenvalue weighted by atomic mass is 10.00. The summed E-state index contributed by atoms with van der Waals surface area (Å²) in [6, 6.07) is 7.61. The third-order valence-corrected chi connectivity index (χ3v) is 3.42. The lowest BCUT2D eigenvalue weighted by Gasteiger charge is -2.15. The number of amides is 1. The van der Waals surface area contributed by atoms with Gasteiger partial charge in [-0.2, -0.15) is 0 Å². The number of benzene rings is 1. The predicted octanol–water partition coefficient (Wildman–Crippen LogP) is 2.54. The Bertz CT molecular complexity index is 397. The van der Waals surface area contributed by atoms with Crippen molar-refractivity contribution in [2.45, 2.75) is 39.5 Å². The van der Waals surface area contributed by atoms with Crippen LogP contribution in [0, 0.1) is 5.92 Å². The highest BCUT2D eigenvalue weighted by atomic mass is 16.5. The van der Waals surface area contributed by atoms with Gasteiger partial charge in [-0.25, -0.2) is 0 Å². The number of ether oxygens (including phenoxy) is 1. The molecule has 0 aliphatic heterocycles. The molecule has 1 atom stereocenters. The first kappa shape index (κ1) is 17.5. The first-order valence-electron chi connectivity index (χ1n) is 7.78. The van der Waals surface area contributed by atoms with Crippen molar-refractivity contribution in [3.8, 4) is 5.75 Å². The molecule has 0 aliphatic rings. The molecule has 21 heavy (non-hydrogen) atoms. The number of hydrogen-bond acceptors (Lipinski definition) is 3. The fourth-order valence-corrected chi connectivity index (χ4v) is 2.32. The van der Waals surface area contributed by atoms with E-state index in [1.807, 2.05) is 31.2 Å². The van der Waals surface area contributed by atoms with Crippen LogP contribution in [0.5, 0.6) is 5.75 Å². The van der Waals surface area contributed by atoms with E-state index in [2.05, 4.69) is 12.2 Å². The van der Waals surface area contributed by atoms with E-state index in [-0.39, 0.29) is 12.5 Å². The molecule has 1 unspecified atom stereocenters. The summed E-state index contributed by atoms with van der Waals surface area (Å²) >= 11 is 0. The van der Waals surface area contributed by atoms with E-state index in [9.17, 15) is 4.79 Å². The van der Waals surface area contributed by atoms with Gasteiger partial charge in [-0.1, -0.05) is 25.5 Å². The predicted molar refractivity (Wildman–Crippen MR) is 84.4 cm³/mol. The van der Waals surface area contributed by atoms with Crippen LogP contribution in [0.15, 0.2) is 24.3 Å². The van der Waals surface area contributed by atoms with Crippen LogP contribution in [0.25, 0.3) is 0 Å². The van der Waals surface area contributed by atoms with Gasteiger partial charge < -0.3 is 15.2 Å². The van der Waals surface area contributed by atoms with Crippen molar-refractivity contribution in [3.63, 3.8) is 0 Å². The van der Waals surface area contributed by atoms with E-state index in [1.165, 1.54) is 0 Å². The topological polar surface area (TPSA) is 58.6 Å². The van der Waals surface area contributed by atoms with E-state index in [0.717, 1.165) is 30.6 Å². The molecule has 0 aromatic heterocycles. The van der Waals surface area contributed by atoms with Crippen LogP contribution in [0.2, 0.25) is 0 Å². The Hall–Kier alpha value is -1.55. The Morgan fingerprint density at radius 1 is 1.24 bits per heavy atom. The molecule has 4 heteroatoms. The van der Waals surface area contributed by atoms with Crippen molar-refractivity contribution in [2.75, 3.05) is 19.8 Å². The second kappa shape index (κ2) is 10.2. The van der Waals surface area contributed by atoms with Gasteiger partial charge >= 0.3 is 0 Å². The minimum absolute atomic E-state index is 0.0261. The monoisotopic (exact) mass is 293 g/mol. The Morgan fingerprint density at radius 2 is 1.95 bits per heavy atom. The highest BCUT2D eigenvalue weighted by molar-refractivity contribution is 5.78. The molecule has 0 heterocycles. The summed E-state index contributed by atoms with van der Waals surface area (Å²) in [4.78, 5) is 11.9. The third-order valence-electron chi connectivity index (χ3n) is 3.42. The third kappa shape index (κ3) is 7.14. The highest BCUT2D eigenvalue weighted by Crippen LogP contribution is 2.13. The van der Waals surface area contributed by atoms with Crippen molar-refractivity contribution >= 4 is 5.91 Å². The largest absolute Gasteiger partial charge is 0.494 e. The van der Waals surface area contributed by atoms with Crippen LogP contribution >= 0.6 is 0 Å². The molecule has 0 fully saturated rings. The second-order valence-corrected chi connectivity index (χ2v) is 5.22. The van der Waals surface area contributed by atoms with Gasteiger partial charge in [0, 0.05) is 13.2 Å². The number of rotatable bonds is 10. The van der Waals surface area contributed by atoms with Gasteiger partial charge in [0.15, 0.2) is 0 Å². The summed E-state index contributed by atoms with van der Waals surface area (Å²) in [6.45, 7) is 5.53. The van der Waals surface area contributed by atoms with Crippen molar-refractivity contribution in [2.24, 2.45) is 5.92 Å². The first-order chi connectivity index (χ1) is 10.2. The molecule has 1 rings (SSSR count). The number of nitrogens with one attached hydrogen (secondary N) is 1. The molecule has 2 N–H and O–H groups in total. The standard InChI is InChI=1S/C17H27NO3/c1-3-5-15(10-11-19)13-18-17(20)12-14-6-8-16(9-7-14)21-4-2/h6-9,15,19H,3-5,10-13H2,1-2H3,(H,18,20). The van der Waals surface area contributed by atoms with Crippen LogP contribution in [0.1, 0.15) is 38.7 Å². The molecule has 1 amide bonds. The van der Waals surface area contributed by atoms with Crippen LogP contribution < -0.4 is 10.1 Å². The number of carbonyl (C=O) groups is 1. The lowest BCUT2D eigenvalue weighted by molar-refractivity contribution is -0.120. The molecule has 0 bridgehead atoms. The molecule has 4 nitrogen and oxygen atoms in total. The number of hydrogen-bond donors (Lipinski definition) is 2. The quantitative estimate of drug-likeness (QED) is 0.697. The van der Waals surface area contributed by atoms with Gasteiger partial charge in [-0.15, -0.1) is 0 Å². The molecule has 0 saturated carbocycles. The zero-order valence-corrected chi connectivity index (χ0v) is 13.1. The highest BCUT2D eigenvalue weighted by Gasteiger charge is 2.10. The fraction of sp³-hybridized carbons (Fsp3) is 0.588. The van der Waals surface area contributed by atoms with Gasteiger partial charge in [0.2, 0.25) is 5.91 Å². The Morgan fingerprint density at radius 3 is 2.52 bits per heavy atom. The second-order valence-electron chi connectivity index (χ2n) is 5.22. The van der Waals surface area contributed by atoms with E-state index < -0.39 is 0 Å². The Balaban J connectivity index is 2.38. The van der Waals surface area contributed by atoms with E-state index in [1.54, 1.807) is 0 Å². The molecule has 0 saturated heterocycles. The molecular weight excluding hydrogens is 266 g/mol. The summed E-state index contributed by atoms with van der Waals surface area (Å²) in [5.41, 5.74) is 0.977. The molecule has 0 aliphatic carbocycles. The van der Waals surface area contributed by atoms with Gasteiger partial charge in [-0.05, 0) is 43.4 Å².